The summed E-state index contributed by atoms with van der Waals surface area (Å²) >= 11 is 1.82. The molecule has 0 aromatic carbocycles. The summed E-state index contributed by atoms with van der Waals surface area (Å²) in [6, 6.07) is 2.17. The average molecular weight is 345 g/mol. The molecule has 0 radical (unpaired) electrons. The highest BCUT2D eigenvalue weighted by Crippen LogP contribution is 2.42. The molecule has 0 aliphatic carbocycles. The van der Waals surface area contributed by atoms with E-state index in [1.807, 2.05) is 11.3 Å². The minimum atomic E-state index is -3.09. The van der Waals surface area contributed by atoms with Crippen molar-refractivity contribution in [3.05, 3.63) is 21.9 Å². The second-order valence-electron chi connectivity index (χ2n) is 6.53. The van der Waals surface area contributed by atoms with Crippen molar-refractivity contribution in [2.75, 3.05) is 32.5 Å². The number of likely N-dealkylation sites (tertiary alicyclic amines) is 1. The average Bonchev–Trinajstić information content (AvgIpc) is 2.95. The molecule has 3 heterocycles. The van der Waals surface area contributed by atoms with E-state index in [0.717, 1.165) is 39.1 Å². The molecule has 0 bridgehead atoms. The Balaban J connectivity index is 1.51. The standard InChI is InChI=1S/C15H24N2O3S2/c1-12-5-8-21-14(12)9-17-10-15(11-17)13(4-7-20-15)3-6-16-22(2,18)19/h5,8,13,16H,3-4,6-7,9-11H2,1-2H3/t13-/m0/s1. The molecule has 0 saturated carbocycles. The van der Waals surface area contributed by atoms with Gasteiger partial charge in [-0.05, 0) is 42.7 Å². The molecule has 7 heteroatoms. The number of nitrogens with one attached hydrogen (secondary N) is 1. The summed E-state index contributed by atoms with van der Waals surface area (Å²) in [6.45, 7) is 6.41. The van der Waals surface area contributed by atoms with Crippen LogP contribution in [0.1, 0.15) is 23.3 Å². The van der Waals surface area contributed by atoms with Gasteiger partial charge in [0, 0.05) is 37.7 Å². The number of aryl methyl sites for hydroxylation is 1. The predicted octanol–water partition coefficient (Wildman–Crippen LogP) is 1.59. The molecule has 3 rings (SSSR count). The molecule has 1 atom stereocenters. The lowest BCUT2D eigenvalue weighted by atomic mass is 9.79. The van der Waals surface area contributed by atoms with Crippen molar-refractivity contribution in [3.8, 4) is 0 Å². The van der Waals surface area contributed by atoms with Crippen LogP contribution < -0.4 is 4.72 Å². The Morgan fingerprint density at radius 2 is 2.27 bits per heavy atom. The van der Waals surface area contributed by atoms with Crippen LogP contribution in [-0.2, 0) is 21.3 Å². The second kappa shape index (κ2) is 6.20. The first-order valence-electron chi connectivity index (χ1n) is 7.72. The monoisotopic (exact) mass is 344 g/mol. The molecular formula is C15H24N2O3S2. The fourth-order valence-corrected chi connectivity index (χ4v) is 4.99. The molecule has 1 aromatic rings. The fraction of sp³-hybridized carbons (Fsp3) is 0.733. The summed E-state index contributed by atoms with van der Waals surface area (Å²) in [7, 11) is -3.09. The maximum absolute atomic E-state index is 11.2. The van der Waals surface area contributed by atoms with Gasteiger partial charge in [-0.1, -0.05) is 0 Å². The van der Waals surface area contributed by atoms with Crippen molar-refractivity contribution in [1.29, 1.82) is 0 Å². The second-order valence-corrected chi connectivity index (χ2v) is 9.36. The Bertz CT molecular complexity index is 620. The van der Waals surface area contributed by atoms with E-state index in [1.54, 1.807) is 0 Å². The van der Waals surface area contributed by atoms with Crippen LogP contribution in [0.2, 0.25) is 0 Å². The summed E-state index contributed by atoms with van der Waals surface area (Å²) in [4.78, 5) is 3.87. The van der Waals surface area contributed by atoms with E-state index in [9.17, 15) is 8.42 Å². The summed E-state index contributed by atoms with van der Waals surface area (Å²) in [5.74, 6) is 0.461. The van der Waals surface area contributed by atoms with Gasteiger partial charge in [-0.25, -0.2) is 13.1 Å². The Labute approximate surface area is 136 Å². The van der Waals surface area contributed by atoms with E-state index in [1.165, 1.54) is 16.7 Å². The molecule has 2 saturated heterocycles. The van der Waals surface area contributed by atoms with E-state index in [0.29, 0.717) is 12.5 Å². The number of thiophene rings is 1. The minimum absolute atomic E-state index is 0.0374. The van der Waals surface area contributed by atoms with Crippen LogP contribution in [0.3, 0.4) is 0 Å². The Morgan fingerprint density at radius 3 is 2.91 bits per heavy atom. The lowest BCUT2D eigenvalue weighted by Gasteiger charge is -2.50. The smallest absolute Gasteiger partial charge is 0.208 e. The number of hydrogen-bond acceptors (Lipinski definition) is 5. The van der Waals surface area contributed by atoms with Gasteiger partial charge in [0.2, 0.25) is 10.0 Å². The topological polar surface area (TPSA) is 58.6 Å². The van der Waals surface area contributed by atoms with Crippen molar-refractivity contribution < 1.29 is 13.2 Å². The van der Waals surface area contributed by atoms with E-state index in [2.05, 4.69) is 28.0 Å². The summed E-state index contributed by atoms with van der Waals surface area (Å²) in [6.07, 6.45) is 3.11. The van der Waals surface area contributed by atoms with Gasteiger partial charge in [-0.2, -0.15) is 0 Å². The van der Waals surface area contributed by atoms with Crippen LogP contribution >= 0.6 is 11.3 Å². The first kappa shape index (κ1) is 16.4. The third-order valence-electron chi connectivity index (χ3n) is 4.77. The molecule has 1 aromatic heterocycles. The number of hydrogen-bond donors (Lipinski definition) is 1. The van der Waals surface area contributed by atoms with Crippen LogP contribution in [0, 0.1) is 12.8 Å². The molecule has 0 amide bonds. The van der Waals surface area contributed by atoms with Gasteiger partial charge in [-0.15, -0.1) is 11.3 Å². The van der Waals surface area contributed by atoms with E-state index < -0.39 is 10.0 Å². The highest BCUT2D eigenvalue weighted by atomic mass is 32.2. The van der Waals surface area contributed by atoms with Gasteiger partial charge >= 0.3 is 0 Å². The van der Waals surface area contributed by atoms with Gasteiger partial charge in [-0.3, -0.25) is 4.90 Å². The highest BCUT2D eigenvalue weighted by Gasteiger charge is 2.52. The zero-order valence-corrected chi connectivity index (χ0v) is 14.8. The zero-order chi connectivity index (χ0) is 15.8. The molecule has 5 nitrogen and oxygen atoms in total. The summed E-state index contributed by atoms with van der Waals surface area (Å²) < 4.78 is 31.0. The molecule has 2 fully saturated rings. The highest BCUT2D eigenvalue weighted by molar-refractivity contribution is 7.88. The number of nitrogens with zero attached hydrogens (tertiary/aromatic N) is 1. The fourth-order valence-electron chi connectivity index (χ4n) is 3.55. The Kier molecular flexibility index (Phi) is 4.62. The Morgan fingerprint density at radius 1 is 1.50 bits per heavy atom. The molecule has 124 valence electrons. The van der Waals surface area contributed by atoms with Crippen molar-refractivity contribution in [2.24, 2.45) is 5.92 Å². The van der Waals surface area contributed by atoms with Crippen LogP contribution in [0.15, 0.2) is 11.4 Å². The lowest BCUT2D eigenvalue weighted by Crippen LogP contribution is -2.64. The van der Waals surface area contributed by atoms with E-state index >= 15 is 0 Å². The number of rotatable bonds is 6. The van der Waals surface area contributed by atoms with Crippen LogP contribution in [0.5, 0.6) is 0 Å². The van der Waals surface area contributed by atoms with Crippen molar-refractivity contribution in [1.82, 2.24) is 9.62 Å². The maximum Gasteiger partial charge on any atom is 0.208 e. The number of sulfonamides is 1. The summed E-state index contributed by atoms with van der Waals surface area (Å²) in [5.41, 5.74) is 1.33. The van der Waals surface area contributed by atoms with E-state index in [-0.39, 0.29) is 5.60 Å². The van der Waals surface area contributed by atoms with Crippen molar-refractivity contribution in [2.45, 2.75) is 31.9 Å². The van der Waals surface area contributed by atoms with Gasteiger partial charge in [0.25, 0.3) is 0 Å². The molecule has 0 unspecified atom stereocenters. The molecular weight excluding hydrogens is 320 g/mol. The normalized spacial score (nSPS) is 24.7. The van der Waals surface area contributed by atoms with Gasteiger partial charge < -0.3 is 4.74 Å². The molecule has 2 aliphatic heterocycles. The molecule has 1 N–H and O–H groups in total. The largest absolute Gasteiger partial charge is 0.372 e. The van der Waals surface area contributed by atoms with Crippen LogP contribution in [0.4, 0.5) is 0 Å². The molecule has 1 spiro atoms. The minimum Gasteiger partial charge on any atom is -0.372 e. The Hall–Kier alpha value is -0.470. The third kappa shape index (κ3) is 3.54. The quantitative estimate of drug-likeness (QED) is 0.851. The lowest BCUT2D eigenvalue weighted by molar-refractivity contribution is -0.136. The first-order valence-corrected chi connectivity index (χ1v) is 10.5. The van der Waals surface area contributed by atoms with Crippen LogP contribution in [-0.4, -0.2) is 51.4 Å². The first-order chi connectivity index (χ1) is 10.4. The van der Waals surface area contributed by atoms with Gasteiger partial charge in [0.15, 0.2) is 0 Å². The van der Waals surface area contributed by atoms with Gasteiger partial charge in [0.05, 0.1) is 11.9 Å². The SMILES string of the molecule is Cc1ccsc1CN1CC2(C1)OCC[C@@H]2CCNS(C)(=O)=O. The maximum atomic E-state index is 11.2. The zero-order valence-electron chi connectivity index (χ0n) is 13.2. The third-order valence-corrected chi connectivity index (χ3v) is 6.51. The van der Waals surface area contributed by atoms with Gasteiger partial charge in [0.1, 0.15) is 0 Å². The van der Waals surface area contributed by atoms with Crippen LogP contribution in [0.25, 0.3) is 0 Å². The summed E-state index contributed by atoms with van der Waals surface area (Å²) in [5, 5.41) is 2.14. The van der Waals surface area contributed by atoms with Crippen molar-refractivity contribution in [3.63, 3.8) is 0 Å². The molecule has 2 aliphatic rings. The number of ether oxygens (including phenoxy) is 1. The van der Waals surface area contributed by atoms with E-state index in [4.69, 9.17) is 4.74 Å². The van der Waals surface area contributed by atoms with Crippen molar-refractivity contribution >= 4 is 21.4 Å². The molecule has 22 heavy (non-hydrogen) atoms. The predicted molar refractivity (Wildman–Crippen MR) is 88.6 cm³/mol.